The highest BCUT2D eigenvalue weighted by Gasteiger charge is 2.29. The van der Waals surface area contributed by atoms with E-state index in [-0.39, 0.29) is 18.0 Å². The number of amides is 3. The Hall–Kier alpha value is -2.90. The summed E-state index contributed by atoms with van der Waals surface area (Å²) in [6.45, 7) is 0. The molecule has 24 heavy (non-hydrogen) atoms. The highest BCUT2D eigenvalue weighted by Crippen LogP contribution is 2.22. The molecule has 3 amide bonds. The zero-order valence-corrected chi connectivity index (χ0v) is 13.0. The maximum absolute atomic E-state index is 12.4. The average Bonchev–Trinajstić information content (AvgIpc) is 3.07. The molecule has 124 valence electrons. The molecule has 1 saturated heterocycles. The zero-order valence-electron chi connectivity index (χ0n) is 13.0. The highest BCUT2D eigenvalue weighted by molar-refractivity contribution is 5.95. The molecule has 0 radical (unpaired) electrons. The van der Waals surface area contributed by atoms with Crippen LogP contribution in [0.25, 0.3) is 0 Å². The Morgan fingerprint density at radius 3 is 2.17 bits per heavy atom. The first-order valence-corrected chi connectivity index (χ1v) is 7.65. The number of nitrogens with one attached hydrogen (secondary N) is 4. The van der Waals surface area contributed by atoms with Gasteiger partial charge in [0, 0.05) is 17.4 Å². The zero-order chi connectivity index (χ0) is 16.9. The summed E-state index contributed by atoms with van der Waals surface area (Å²) in [7, 11) is 0. The minimum Gasteiger partial charge on any atom is -0.351 e. The van der Waals surface area contributed by atoms with Crippen molar-refractivity contribution in [3.05, 3.63) is 60.2 Å². The third-order valence-corrected chi connectivity index (χ3v) is 3.84. The molecule has 2 aromatic carbocycles. The molecule has 0 spiro atoms. The van der Waals surface area contributed by atoms with Crippen LogP contribution in [0.4, 0.5) is 16.2 Å². The van der Waals surface area contributed by atoms with Crippen molar-refractivity contribution in [2.24, 2.45) is 5.73 Å². The number of rotatable bonds is 4. The first kappa shape index (κ1) is 16.0. The van der Waals surface area contributed by atoms with E-state index < -0.39 is 6.03 Å². The van der Waals surface area contributed by atoms with Crippen LogP contribution < -0.4 is 27.2 Å². The number of hydrogen-bond acceptors (Lipinski definition) is 4. The fraction of sp³-hybridized carbons (Fsp3) is 0.176. The van der Waals surface area contributed by atoms with Gasteiger partial charge in [0.05, 0.1) is 0 Å². The van der Waals surface area contributed by atoms with Gasteiger partial charge in [-0.15, -0.1) is 0 Å². The van der Waals surface area contributed by atoms with E-state index in [1.165, 1.54) is 0 Å². The van der Waals surface area contributed by atoms with Crippen molar-refractivity contribution in [1.82, 2.24) is 10.9 Å². The lowest BCUT2D eigenvalue weighted by atomic mass is 10.0. The number of hydrogen-bond donors (Lipinski definition) is 5. The van der Waals surface area contributed by atoms with Gasteiger partial charge in [0.25, 0.3) is 0 Å². The van der Waals surface area contributed by atoms with E-state index in [9.17, 15) is 9.59 Å². The van der Waals surface area contributed by atoms with Gasteiger partial charge in [-0.3, -0.25) is 4.79 Å². The Bertz CT molecular complexity index is 718. The van der Waals surface area contributed by atoms with Gasteiger partial charge >= 0.3 is 6.03 Å². The third kappa shape index (κ3) is 3.89. The number of benzene rings is 2. The van der Waals surface area contributed by atoms with Crippen LogP contribution in [-0.2, 0) is 4.79 Å². The molecule has 0 saturated carbocycles. The molecule has 2 aromatic rings. The predicted octanol–water partition coefficient (Wildman–Crippen LogP) is 1.72. The first-order valence-electron chi connectivity index (χ1n) is 7.65. The van der Waals surface area contributed by atoms with Crippen molar-refractivity contribution in [3.63, 3.8) is 0 Å². The Morgan fingerprint density at radius 2 is 1.54 bits per heavy atom. The van der Waals surface area contributed by atoms with Crippen molar-refractivity contribution < 1.29 is 9.59 Å². The molecule has 2 unspecified atom stereocenters. The molecule has 7 nitrogen and oxygen atoms in total. The second-order valence-electron chi connectivity index (χ2n) is 5.60. The van der Waals surface area contributed by atoms with Gasteiger partial charge in [0.2, 0.25) is 5.91 Å². The van der Waals surface area contributed by atoms with Gasteiger partial charge in [0.1, 0.15) is 6.04 Å². The summed E-state index contributed by atoms with van der Waals surface area (Å²) >= 11 is 0. The van der Waals surface area contributed by atoms with Gasteiger partial charge in [-0.25, -0.2) is 15.6 Å². The van der Waals surface area contributed by atoms with Gasteiger partial charge in [0.15, 0.2) is 0 Å². The van der Waals surface area contributed by atoms with Crippen LogP contribution in [0, 0.1) is 0 Å². The molecule has 2 atom stereocenters. The molecular weight excluding hydrogens is 306 g/mol. The Balaban J connectivity index is 1.57. The van der Waals surface area contributed by atoms with Crippen LogP contribution in [0.5, 0.6) is 0 Å². The molecule has 1 fully saturated rings. The lowest BCUT2D eigenvalue weighted by Gasteiger charge is -2.11. The number of urea groups is 1. The summed E-state index contributed by atoms with van der Waals surface area (Å²) < 4.78 is 0. The summed E-state index contributed by atoms with van der Waals surface area (Å²) in [5.74, 6) is -0.114. The molecule has 1 aliphatic heterocycles. The number of carbonyl (C=O) groups is 2. The van der Waals surface area contributed by atoms with Crippen LogP contribution in [0.15, 0.2) is 54.6 Å². The summed E-state index contributed by atoms with van der Waals surface area (Å²) in [6.07, 6.45) is 0.664. The number of carbonyl (C=O) groups excluding carboxylic acids is 2. The Labute approximate surface area is 139 Å². The Morgan fingerprint density at radius 1 is 0.917 bits per heavy atom. The van der Waals surface area contributed by atoms with Gasteiger partial charge in [-0.1, -0.05) is 30.3 Å². The Kier molecular flexibility index (Phi) is 4.74. The second-order valence-corrected chi connectivity index (χ2v) is 5.60. The van der Waals surface area contributed by atoms with Crippen molar-refractivity contribution >= 4 is 23.3 Å². The van der Waals surface area contributed by atoms with E-state index in [0.29, 0.717) is 17.8 Å². The number of anilines is 2. The predicted molar refractivity (Wildman–Crippen MR) is 92.1 cm³/mol. The molecule has 1 aliphatic rings. The fourth-order valence-electron chi connectivity index (χ4n) is 2.64. The second kappa shape index (κ2) is 7.12. The summed E-state index contributed by atoms with van der Waals surface area (Å²) in [4.78, 5) is 23.1. The molecule has 0 aromatic heterocycles. The maximum atomic E-state index is 12.4. The lowest BCUT2D eigenvalue weighted by molar-refractivity contribution is -0.117. The largest absolute Gasteiger partial charge is 0.351 e. The molecule has 7 heteroatoms. The number of nitrogens with two attached hydrogens (primary N) is 1. The van der Waals surface area contributed by atoms with Gasteiger partial charge in [-0.2, -0.15) is 0 Å². The number of hydrazine groups is 1. The smallest absolute Gasteiger partial charge is 0.316 e. The summed E-state index contributed by atoms with van der Waals surface area (Å²) in [5.41, 5.74) is 13.6. The van der Waals surface area contributed by atoms with Crippen LogP contribution in [0.2, 0.25) is 0 Å². The molecule has 3 rings (SSSR count). The normalized spacial score (nSPS) is 19.7. The average molecular weight is 325 g/mol. The van der Waals surface area contributed by atoms with E-state index in [4.69, 9.17) is 5.73 Å². The molecular formula is C17H19N5O2. The van der Waals surface area contributed by atoms with Crippen LogP contribution in [0.1, 0.15) is 18.0 Å². The van der Waals surface area contributed by atoms with Crippen LogP contribution in [0.3, 0.4) is 0 Å². The monoisotopic (exact) mass is 325 g/mol. The van der Waals surface area contributed by atoms with Crippen molar-refractivity contribution in [1.29, 1.82) is 0 Å². The number of primary amides is 1. The topological polar surface area (TPSA) is 108 Å². The van der Waals surface area contributed by atoms with Gasteiger partial charge in [-0.05, 0) is 36.2 Å². The fourth-order valence-corrected chi connectivity index (χ4v) is 2.64. The third-order valence-electron chi connectivity index (χ3n) is 3.84. The highest BCUT2D eigenvalue weighted by atomic mass is 16.2. The molecule has 0 bridgehead atoms. The molecule has 1 heterocycles. The van der Waals surface area contributed by atoms with E-state index in [1.54, 1.807) is 24.3 Å². The van der Waals surface area contributed by atoms with E-state index in [0.717, 1.165) is 5.56 Å². The van der Waals surface area contributed by atoms with Crippen molar-refractivity contribution in [2.75, 3.05) is 10.6 Å². The quantitative estimate of drug-likeness (QED) is 0.590. The van der Waals surface area contributed by atoms with E-state index >= 15 is 0 Å². The van der Waals surface area contributed by atoms with Crippen LogP contribution >= 0.6 is 0 Å². The minimum atomic E-state index is -0.625. The first-order chi connectivity index (χ1) is 11.6. The van der Waals surface area contributed by atoms with Crippen LogP contribution in [-0.4, -0.2) is 18.0 Å². The van der Waals surface area contributed by atoms with Gasteiger partial charge < -0.3 is 16.4 Å². The van der Waals surface area contributed by atoms with Crippen molar-refractivity contribution in [2.45, 2.75) is 18.5 Å². The minimum absolute atomic E-state index is 0.101. The van der Waals surface area contributed by atoms with E-state index in [2.05, 4.69) is 21.5 Å². The standard InChI is InChI=1S/C17H19N5O2/c18-17(24)20-13-8-6-12(7-9-13)19-16(23)15-10-14(21-22-15)11-4-2-1-3-5-11/h1-9,14-15,21-22H,10H2,(H,19,23)(H3,18,20,24). The van der Waals surface area contributed by atoms with Crippen molar-refractivity contribution in [3.8, 4) is 0 Å². The molecule has 6 N–H and O–H groups in total. The van der Waals surface area contributed by atoms with E-state index in [1.807, 2.05) is 30.3 Å². The maximum Gasteiger partial charge on any atom is 0.316 e. The molecule has 0 aliphatic carbocycles. The SMILES string of the molecule is NC(=O)Nc1ccc(NC(=O)C2CC(c3ccccc3)NN2)cc1. The summed E-state index contributed by atoms with van der Waals surface area (Å²) in [6, 6.07) is 15.9. The summed E-state index contributed by atoms with van der Waals surface area (Å²) in [5, 5.41) is 5.32. The lowest BCUT2D eigenvalue weighted by Crippen LogP contribution is -2.39.